The summed E-state index contributed by atoms with van der Waals surface area (Å²) in [6, 6.07) is 18.8. The minimum Gasteiger partial charge on any atom is -0.490 e. The molecular weight excluding hydrogens is 420 g/mol. The Balaban J connectivity index is 1.43. The number of ether oxygens (including phenoxy) is 3. The van der Waals surface area contributed by atoms with Crippen molar-refractivity contribution in [3.05, 3.63) is 60.7 Å². The van der Waals surface area contributed by atoms with Crippen LogP contribution in [-0.2, 0) is 14.3 Å². The second kappa shape index (κ2) is 11.2. The van der Waals surface area contributed by atoms with Crippen LogP contribution in [-0.4, -0.2) is 73.2 Å². The monoisotopic (exact) mass is 452 g/mol. The number of para-hydroxylation sites is 2. The van der Waals surface area contributed by atoms with Crippen LogP contribution in [0.1, 0.15) is 25.7 Å². The van der Waals surface area contributed by atoms with Crippen LogP contribution in [0.25, 0.3) is 0 Å². The summed E-state index contributed by atoms with van der Waals surface area (Å²) in [6.45, 7) is 2.80. The van der Waals surface area contributed by atoms with Crippen molar-refractivity contribution in [2.45, 2.75) is 31.3 Å². The maximum absolute atomic E-state index is 13.1. The van der Waals surface area contributed by atoms with Gasteiger partial charge in [-0.2, -0.15) is 0 Å². The molecule has 0 aromatic heterocycles. The Kier molecular flexibility index (Phi) is 7.83. The number of amides is 2. The molecule has 7 nitrogen and oxygen atoms in total. The van der Waals surface area contributed by atoms with Crippen LogP contribution in [0.3, 0.4) is 0 Å². The molecule has 2 aromatic rings. The molecular formula is C26H32N2O5. The van der Waals surface area contributed by atoms with Gasteiger partial charge in [-0.15, -0.1) is 0 Å². The zero-order chi connectivity index (χ0) is 22.9. The van der Waals surface area contributed by atoms with Crippen molar-refractivity contribution in [3.8, 4) is 11.5 Å². The van der Waals surface area contributed by atoms with Crippen molar-refractivity contribution in [3.63, 3.8) is 0 Å². The number of hydrogen-bond acceptors (Lipinski definition) is 5. The summed E-state index contributed by atoms with van der Waals surface area (Å²) in [7, 11) is 0. The molecule has 0 spiro atoms. The van der Waals surface area contributed by atoms with Gasteiger partial charge in [-0.05, 0) is 43.5 Å². The minimum absolute atomic E-state index is 0.0558. The van der Waals surface area contributed by atoms with Crippen LogP contribution in [0.2, 0.25) is 0 Å². The summed E-state index contributed by atoms with van der Waals surface area (Å²) in [5.74, 6) is 1.29. The van der Waals surface area contributed by atoms with E-state index in [0.717, 1.165) is 32.4 Å². The molecule has 0 saturated carbocycles. The smallest absolute Gasteiger partial charge is 0.260 e. The summed E-state index contributed by atoms with van der Waals surface area (Å²) >= 11 is 0. The third kappa shape index (κ3) is 6.48. The van der Waals surface area contributed by atoms with E-state index in [1.165, 1.54) is 0 Å². The van der Waals surface area contributed by atoms with E-state index < -0.39 is 5.60 Å². The number of benzene rings is 2. The van der Waals surface area contributed by atoms with E-state index in [9.17, 15) is 9.59 Å². The predicted molar refractivity (Wildman–Crippen MR) is 124 cm³/mol. The summed E-state index contributed by atoms with van der Waals surface area (Å²) in [5.41, 5.74) is -0.898. The highest BCUT2D eigenvalue weighted by atomic mass is 16.5. The number of carbonyl (C=O) groups is 2. The van der Waals surface area contributed by atoms with Gasteiger partial charge >= 0.3 is 0 Å². The lowest BCUT2D eigenvalue weighted by molar-refractivity contribution is -0.167. The predicted octanol–water partition coefficient (Wildman–Crippen LogP) is 3.14. The van der Waals surface area contributed by atoms with E-state index in [1.807, 2.05) is 65.6 Å². The largest absolute Gasteiger partial charge is 0.490 e. The summed E-state index contributed by atoms with van der Waals surface area (Å²) < 4.78 is 17.9. The van der Waals surface area contributed by atoms with Gasteiger partial charge < -0.3 is 24.0 Å². The third-order valence-corrected chi connectivity index (χ3v) is 6.13. The first-order valence-electron chi connectivity index (χ1n) is 11.7. The molecule has 7 heteroatoms. The van der Waals surface area contributed by atoms with Gasteiger partial charge in [0.25, 0.3) is 5.91 Å². The number of morpholine rings is 1. The molecule has 2 aromatic carbocycles. The van der Waals surface area contributed by atoms with Gasteiger partial charge in [-0.3, -0.25) is 9.59 Å². The molecule has 0 aliphatic carbocycles. The molecule has 2 aliphatic rings. The lowest BCUT2D eigenvalue weighted by atomic mass is 9.96. The van der Waals surface area contributed by atoms with Crippen LogP contribution < -0.4 is 9.47 Å². The number of piperidine rings is 1. The molecule has 2 heterocycles. The molecule has 33 heavy (non-hydrogen) atoms. The van der Waals surface area contributed by atoms with Gasteiger partial charge in [0.05, 0.1) is 19.6 Å². The van der Waals surface area contributed by atoms with Crippen molar-refractivity contribution in [2.24, 2.45) is 0 Å². The van der Waals surface area contributed by atoms with Crippen LogP contribution in [0.5, 0.6) is 11.5 Å². The Morgan fingerprint density at radius 2 is 1.42 bits per heavy atom. The zero-order valence-electron chi connectivity index (χ0n) is 19.0. The van der Waals surface area contributed by atoms with E-state index in [4.69, 9.17) is 14.2 Å². The van der Waals surface area contributed by atoms with E-state index in [-0.39, 0.29) is 38.0 Å². The van der Waals surface area contributed by atoms with Crippen molar-refractivity contribution in [1.29, 1.82) is 0 Å². The van der Waals surface area contributed by atoms with Crippen molar-refractivity contribution in [2.75, 3.05) is 46.0 Å². The molecule has 2 fully saturated rings. The molecule has 0 radical (unpaired) electrons. The third-order valence-electron chi connectivity index (χ3n) is 6.13. The molecule has 4 rings (SSSR count). The van der Waals surface area contributed by atoms with Crippen LogP contribution in [0.4, 0.5) is 0 Å². The van der Waals surface area contributed by atoms with E-state index in [1.54, 1.807) is 4.90 Å². The van der Waals surface area contributed by atoms with Gasteiger partial charge in [0.1, 0.15) is 23.7 Å². The van der Waals surface area contributed by atoms with Crippen LogP contribution in [0, 0.1) is 0 Å². The van der Waals surface area contributed by atoms with Crippen LogP contribution in [0.15, 0.2) is 60.7 Å². The Labute approximate surface area is 195 Å². The Bertz CT molecular complexity index is 901. The number of carbonyl (C=O) groups excluding carboxylic acids is 2. The second-order valence-electron chi connectivity index (χ2n) is 8.67. The van der Waals surface area contributed by atoms with E-state index in [0.29, 0.717) is 24.7 Å². The molecule has 176 valence electrons. The topological polar surface area (TPSA) is 68.3 Å². The molecule has 1 atom stereocenters. The van der Waals surface area contributed by atoms with Crippen molar-refractivity contribution >= 4 is 11.8 Å². The maximum atomic E-state index is 13.1. The molecule has 0 bridgehead atoms. The summed E-state index contributed by atoms with van der Waals surface area (Å²) in [6.07, 6.45) is 3.40. The molecule has 2 aliphatic heterocycles. The first-order valence-corrected chi connectivity index (χ1v) is 11.7. The molecule has 2 saturated heterocycles. The Hall–Kier alpha value is -3.06. The lowest BCUT2D eigenvalue weighted by Crippen LogP contribution is -2.59. The van der Waals surface area contributed by atoms with Crippen molar-refractivity contribution in [1.82, 2.24) is 9.80 Å². The van der Waals surface area contributed by atoms with E-state index in [2.05, 4.69) is 0 Å². The molecule has 0 N–H and O–H groups in total. The quantitative estimate of drug-likeness (QED) is 0.616. The van der Waals surface area contributed by atoms with E-state index >= 15 is 0 Å². The first-order chi connectivity index (χ1) is 16.1. The maximum Gasteiger partial charge on any atom is 0.260 e. The highest BCUT2D eigenvalue weighted by Crippen LogP contribution is 2.26. The van der Waals surface area contributed by atoms with Crippen LogP contribution >= 0.6 is 0 Å². The fourth-order valence-electron chi connectivity index (χ4n) is 4.32. The fourth-order valence-corrected chi connectivity index (χ4v) is 4.32. The van der Waals surface area contributed by atoms with Gasteiger partial charge in [0, 0.05) is 19.6 Å². The highest BCUT2D eigenvalue weighted by molar-refractivity contribution is 5.79. The highest BCUT2D eigenvalue weighted by Gasteiger charge is 2.42. The Morgan fingerprint density at radius 3 is 2.09 bits per heavy atom. The standard InChI is InChI=1S/C26H32N2O5/c29-24(27-14-8-3-9-15-27)18-26(21-32-23-12-6-2-7-13-23)20-28(16-17-33-26)25(30)19-31-22-10-4-1-5-11-22/h1-2,4-7,10-13H,3,8-9,14-21H2. The van der Waals surface area contributed by atoms with Gasteiger partial charge in [0.15, 0.2) is 6.61 Å². The number of rotatable bonds is 8. The normalized spacial score (nSPS) is 20.8. The minimum atomic E-state index is -0.898. The lowest BCUT2D eigenvalue weighted by Gasteiger charge is -2.43. The number of likely N-dealkylation sites (tertiary alicyclic amines) is 1. The summed E-state index contributed by atoms with van der Waals surface area (Å²) in [4.78, 5) is 29.7. The van der Waals surface area contributed by atoms with Gasteiger partial charge in [-0.1, -0.05) is 36.4 Å². The van der Waals surface area contributed by atoms with Crippen molar-refractivity contribution < 1.29 is 23.8 Å². The zero-order valence-corrected chi connectivity index (χ0v) is 19.0. The fraction of sp³-hybridized carbons (Fsp3) is 0.462. The number of hydrogen-bond donors (Lipinski definition) is 0. The van der Waals surface area contributed by atoms with Gasteiger partial charge in [-0.25, -0.2) is 0 Å². The summed E-state index contributed by atoms with van der Waals surface area (Å²) in [5, 5.41) is 0. The molecule has 2 amide bonds. The Morgan fingerprint density at radius 1 is 0.788 bits per heavy atom. The van der Waals surface area contributed by atoms with Gasteiger partial charge in [0.2, 0.25) is 5.91 Å². The number of nitrogens with zero attached hydrogens (tertiary/aromatic N) is 2. The SMILES string of the molecule is O=C(CC1(COc2ccccc2)CN(C(=O)COc2ccccc2)CCO1)N1CCCCC1. The first kappa shape index (κ1) is 23.1. The second-order valence-corrected chi connectivity index (χ2v) is 8.67. The average Bonchev–Trinajstić information content (AvgIpc) is 2.88. The average molecular weight is 453 g/mol. The molecule has 1 unspecified atom stereocenters.